The van der Waals surface area contributed by atoms with Crippen LogP contribution in [0.5, 0.6) is 0 Å². The third kappa shape index (κ3) is 2.68. The molecule has 1 aliphatic rings. The number of benzene rings is 1. The number of amidine groups is 1. The fourth-order valence-corrected chi connectivity index (χ4v) is 3.55. The van der Waals surface area contributed by atoms with Gasteiger partial charge in [-0.2, -0.15) is 8.42 Å². The zero-order valence-electron chi connectivity index (χ0n) is 10.1. The summed E-state index contributed by atoms with van der Waals surface area (Å²) in [5.74, 6) is 0.351. The molecule has 0 saturated carbocycles. The van der Waals surface area contributed by atoms with Crippen molar-refractivity contribution in [3.63, 3.8) is 0 Å². The Labute approximate surface area is 111 Å². The van der Waals surface area contributed by atoms with Gasteiger partial charge in [-0.1, -0.05) is 24.8 Å². The molecule has 1 heterocycles. The van der Waals surface area contributed by atoms with Crippen molar-refractivity contribution in [2.75, 3.05) is 18.4 Å². The molecule has 5 nitrogen and oxygen atoms in total. The zero-order chi connectivity index (χ0) is 13.2. The van der Waals surface area contributed by atoms with Crippen molar-refractivity contribution in [2.45, 2.75) is 18.2 Å². The molecular formula is C11H14N2O3S2. The number of hydrogen-bond donors (Lipinski definition) is 1. The van der Waals surface area contributed by atoms with E-state index in [4.69, 9.17) is 4.74 Å². The van der Waals surface area contributed by atoms with Gasteiger partial charge in [0.15, 0.2) is 5.17 Å². The Hall–Kier alpha value is -1.05. The Bertz CT molecular complexity index is 582. The second kappa shape index (κ2) is 5.29. The summed E-state index contributed by atoms with van der Waals surface area (Å²) >= 11 is 1.21. The first-order chi connectivity index (χ1) is 8.56. The quantitative estimate of drug-likeness (QED) is 0.861. The SMILES string of the molecule is CCc1ccc2c(c1)S(=O)(=O)N=C(SCOC)N2. The minimum absolute atomic E-state index is 0.239. The van der Waals surface area contributed by atoms with E-state index in [1.54, 1.807) is 19.2 Å². The van der Waals surface area contributed by atoms with E-state index in [1.165, 1.54) is 11.8 Å². The second-order valence-corrected chi connectivity index (χ2v) is 6.22. The summed E-state index contributed by atoms with van der Waals surface area (Å²) in [6.07, 6.45) is 0.789. The van der Waals surface area contributed by atoms with Crippen molar-refractivity contribution < 1.29 is 13.2 Å². The lowest BCUT2D eigenvalue weighted by atomic mass is 10.1. The fraction of sp³-hybridized carbons (Fsp3) is 0.364. The first-order valence-electron chi connectivity index (χ1n) is 5.43. The van der Waals surface area contributed by atoms with Crippen LogP contribution in [0.1, 0.15) is 12.5 Å². The van der Waals surface area contributed by atoms with Crippen molar-refractivity contribution in [3.8, 4) is 0 Å². The number of ether oxygens (including phenoxy) is 1. The Morgan fingerprint density at radius 3 is 2.89 bits per heavy atom. The Morgan fingerprint density at radius 1 is 1.44 bits per heavy atom. The molecular weight excluding hydrogens is 272 g/mol. The molecule has 0 radical (unpaired) electrons. The van der Waals surface area contributed by atoms with Crippen LogP contribution in [-0.2, 0) is 21.2 Å². The minimum atomic E-state index is -3.61. The molecule has 1 N–H and O–H groups in total. The number of anilines is 1. The van der Waals surface area contributed by atoms with Crippen LogP contribution in [0.2, 0.25) is 0 Å². The van der Waals surface area contributed by atoms with E-state index in [9.17, 15) is 8.42 Å². The fourth-order valence-electron chi connectivity index (χ4n) is 1.58. The highest BCUT2D eigenvalue weighted by molar-refractivity contribution is 8.14. The predicted octanol–water partition coefficient (Wildman–Crippen LogP) is 2.06. The summed E-state index contributed by atoms with van der Waals surface area (Å²) in [5.41, 5.74) is 1.54. The summed E-state index contributed by atoms with van der Waals surface area (Å²) in [4.78, 5) is 0.239. The van der Waals surface area contributed by atoms with Gasteiger partial charge >= 0.3 is 0 Å². The predicted molar refractivity (Wildman–Crippen MR) is 73.5 cm³/mol. The van der Waals surface area contributed by atoms with E-state index >= 15 is 0 Å². The van der Waals surface area contributed by atoms with Gasteiger partial charge in [-0.3, -0.25) is 0 Å². The lowest BCUT2D eigenvalue weighted by molar-refractivity contribution is 0.259. The van der Waals surface area contributed by atoms with Gasteiger partial charge in [0.2, 0.25) is 0 Å². The summed E-state index contributed by atoms with van der Waals surface area (Å²) in [6, 6.07) is 5.35. The zero-order valence-corrected chi connectivity index (χ0v) is 11.8. The Kier molecular flexibility index (Phi) is 3.94. The molecule has 7 heteroatoms. The van der Waals surface area contributed by atoms with Gasteiger partial charge in [-0.25, -0.2) is 0 Å². The summed E-state index contributed by atoms with van der Waals surface area (Å²) in [6.45, 7) is 1.98. The minimum Gasteiger partial charge on any atom is -0.374 e. The van der Waals surface area contributed by atoms with Crippen molar-refractivity contribution in [3.05, 3.63) is 23.8 Å². The molecule has 0 saturated heterocycles. The Morgan fingerprint density at radius 2 is 2.22 bits per heavy atom. The molecule has 0 amide bonds. The maximum absolute atomic E-state index is 12.0. The topological polar surface area (TPSA) is 67.8 Å². The van der Waals surface area contributed by atoms with Crippen molar-refractivity contribution in [1.82, 2.24) is 0 Å². The monoisotopic (exact) mass is 286 g/mol. The van der Waals surface area contributed by atoms with Gasteiger partial charge in [0.05, 0.1) is 11.6 Å². The standard InChI is InChI=1S/C11H14N2O3S2/c1-3-8-4-5-9-10(6-8)18(14,15)13-11(12-9)17-7-16-2/h4-6H,3,7H2,1-2H3,(H,12,13). The van der Waals surface area contributed by atoms with Crippen LogP contribution in [0.4, 0.5) is 5.69 Å². The van der Waals surface area contributed by atoms with Gasteiger partial charge in [0.25, 0.3) is 10.0 Å². The molecule has 98 valence electrons. The highest BCUT2D eigenvalue weighted by Gasteiger charge is 2.25. The van der Waals surface area contributed by atoms with Gasteiger partial charge in [0.1, 0.15) is 4.90 Å². The van der Waals surface area contributed by atoms with E-state index in [1.807, 2.05) is 13.0 Å². The third-order valence-electron chi connectivity index (χ3n) is 2.49. The number of methoxy groups -OCH3 is 1. The molecule has 0 bridgehead atoms. The largest absolute Gasteiger partial charge is 0.374 e. The molecule has 1 aromatic carbocycles. The number of rotatable bonds is 3. The number of nitrogens with zero attached hydrogens (tertiary/aromatic N) is 1. The molecule has 1 aromatic rings. The first-order valence-corrected chi connectivity index (χ1v) is 7.86. The maximum Gasteiger partial charge on any atom is 0.286 e. The first kappa shape index (κ1) is 13.4. The highest BCUT2D eigenvalue weighted by Crippen LogP contribution is 2.30. The van der Waals surface area contributed by atoms with Gasteiger partial charge < -0.3 is 10.1 Å². The molecule has 1 aliphatic heterocycles. The van der Waals surface area contributed by atoms with Crippen LogP contribution in [0, 0.1) is 0 Å². The van der Waals surface area contributed by atoms with Crippen LogP contribution < -0.4 is 5.32 Å². The third-order valence-corrected chi connectivity index (χ3v) is 4.74. The highest BCUT2D eigenvalue weighted by atomic mass is 32.2. The smallest absolute Gasteiger partial charge is 0.286 e. The van der Waals surface area contributed by atoms with E-state index in [0.717, 1.165) is 12.0 Å². The molecule has 0 aromatic heterocycles. The number of fused-ring (bicyclic) bond motifs is 1. The molecule has 0 aliphatic carbocycles. The van der Waals surface area contributed by atoms with E-state index in [0.29, 0.717) is 16.8 Å². The normalized spacial score (nSPS) is 16.7. The van der Waals surface area contributed by atoms with Crippen LogP contribution in [-0.4, -0.2) is 26.6 Å². The van der Waals surface area contributed by atoms with E-state index in [-0.39, 0.29) is 4.90 Å². The molecule has 18 heavy (non-hydrogen) atoms. The molecule has 2 rings (SSSR count). The van der Waals surface area contributed by atoms with Crippen molar-refractivity contribution >= 4 is 32.6 Å². The van der Waals surface area contributed by atoms with Crippen LogP contribution in [0.15, 0.2) is 27.5 Å². The molecule has 0 unspecified atom stereocenters. The van der Waals surface area contributed by atoms with Gasteiger partial charge in [-0.05, 0) is 24.1 Å². The Balaban J connectivity index is 2.39. The van der Waals surface area contributed by atoms with Crippen molar-refractivity contribution in [2.24, 2.45) is 4.40 Å². The molecule has 0 fully saturated rings. The van der Waals surface area contributed by atoms with Crippen molar-refractivity contribution in [1.29, 1.82) is 0 Å². The molecule has 0 spiro atoms. The second-order valence-electron chi connectivity index (χ2n) is 3.73. The lowest BCUT2D eigenvalue weighted by Crippen LogP contribution is -2.19. The summed E-state index contributed by atoms with van der Waals surface area (Å²) in [7, 11) is -2.06. The average Bonchev–Trinajstić information content (AvgIpc) is 2.35. The average molecular weight is 286 g/mol. The van der Waals surface area contributed by atoms with E-state index in [2.05, 4.69) is 9.71 Å². The number of aryl methyl sites for hydroxylation is 1. The summed E-state index contributed by atoms with van der Waals surface area (Å²) in [5, 5.41) is 3.33. The number of hydrogen-bond acceptors (Lipinski definition) is 5. The van der Waals surface area contributed by atoms with Crippen LogP contribution in [0.25, 0.3) is 0 Å². The van der Waals surface area contributed by atoms with Gasteiger partial charge in [0, 0.05) is 7.11 Å². The van der Waals surface area contributed by atoms with E-state index < -0.39 is 10.0 Å². The molecule has 0 atom stereocenters. The maximum atomic E-state index is 12.0. The number of thioether (sulfide) groups is 1. The van der Waals surface area contributed by atoms with Crippen LogP contribution in [0.3, 0.4) is 0 Å². The number of nitrogens with one attached hydrogen (secondary N) is 1. The van der Waals surface area contributed by atoms with Gasteiger partial charge in [-0.15, -0.1) is 4.40 Å². The lowest BCUT2D eigenvalue weighted by Gasteiger charge is -2.18. The van der Waals surface area contributed by atoms with Crippen LogP contribution >= 0.6 is 11.8 Å². The summed E-state index contributed by atoms with van der Waals surface area (Å²) < 4.78 is 32.7. The number of sulfonamides is 1.